The second-order valence-corrected chi connectivity index (χ2v) is 6.87. The van der Waals surface area contributed by atoms with Crippen LogP contribution in [-0.2, 0) is 16.4 Å². The Morgan fingerprint density at radius 1 is 1.19 bits per heavy atom. The second-order valence-electron chi connectivity index (χ2n) is 4.55. The highest BCUT2D eigenvalue weighted by molar-refractivity contribution is 7.89. The Morgan fingerprint density at radius 3 is 2.52 bits per heavy atom. The van der Waals surface area contributed by atoms with Crippen molar-refractivity contribution < 1.29 is 8.42 Å². The third kappa shape index (κ3) is 4.03. The van der Waals surface area contributed by atoms with Gasteiger partial charge in [0, 0.05) is 19.3 Å². The van der Waals surface area contributed by atoms with Crippen LogP contribution in [0.2, 0.25) is 5.15 Å². The molecule has 0 saturated heterocycles. The van der Waals surface area contributed by atoms with Crippen LogP contribution in [0, 0.1) is 0 Å². The number of rotatable bonds is 6. The molecule has 1 heterocycles. The minimum absolute atomic E-state index is 0.176. The molecule has 0 atom stereocenters. The van der Waals surface area contributed by atoms with Gasteiger partial charge in [0.05, 0.1) is 4.90 Å². The van der Waals surface area contributed by atoms with Gasteiger partial charge in [-0.2, -0.15) is 4.31 Å². The van der Waals surface area contributed by atoms with Gasteiger partial charge in [0.2, 0.25) is 10.0 Å². The summed E-state index contributed by atoms with van der Waals surface area (Å²) in [4.78, 5) is 3.99. The molecular weight excluding hydrogens is 308 g/mol. The number of halogens is 1. The first-order valence-electron chi connectivity index (χ1n) is 6.69. The van der Waals surface area contributed by atoms with E-state index in [2.05, 4.69) is 4.98 Å². The van der Waals surface area contributed by atoms with Gasteiger partial charge in [-0.05, 0) is 24.1 Å². The van der Waals surface area contributed by atoms with Crippen LogP contribution in [0.1, 0.15) is 12.5 Å². The summed E-state index contributed by atoms with van der Waals surface area (Å²) in [6.45, 7) is 2.67. The average Bonchev–Trinajstić information content (AvgIpc) is 2.49. The predicted octanol–water partition coefficient (Wildman–Crippen LogP) is 2.99. The number of pyridine rings is 1. The molecule has 112 valence electrons. The smallest absolute Gasteiger partial charge is 0.243 e. The van der Waals surface area contributed by atoms with Crippen molar-refractivity contribution in [1.29, 1.82) is 0 Å². The second kappa shape index (κ2) is 7.02. The van der Waals surface area contributed by atoms with Gasteiger partial charge < -0.3 is 0 Å². The number of aromatic nitrogens is 1. The molecule has 0 radical (unpaired) electrons. The largest absolute Gasteiger partial charge is 0.244 e. The van der Waals surface area contributed by atoms with Crippen molar-refractivity contribution in [2.45, 2.75) is 18.2 Å². The predicted molar refractivity (Wildman–Crippen MR) is 83.8 cm³/mol. The third-order valence-corrected chi connectivity index (χ3v) is 5.36. The van der Waals surface area contributed by atoms with Gasteiger partial charge in [0.15, 0.2) is 0 Å². The lowest BCUT2D eigenvalue weighted by atomic mass is 10.1. The zero-order valence-corrected chi connectivity index (χ0v) is 13.3. The first-order chi connectivity index (χ1) is 10.0. The normalized spacial score (nSPS) is 11.8. The van der Waals surface area contributed by atoms with E-state index in [0.717, 1.165) is 5.56 Å². The highest BCUT2D eigenvalue weighted by Gasteiger charge is 2.23. The Balaban J connectivity index is 2.16. The molecule has 0 aliphatic rings. The molecule has 2 rings (SSSR count). The minimum atomic E-state index is -3.53. The Morgan fingerprint density at radius 2 is 1.90 bits per heavy atom. The van der Waals surface area contributed by atoms with Gasteiger partial charge in [-0.1, -0.05) is 48.9 Å². The van der Waals surface area contributed by atoms with Crippen molar-refractivity contribution >= 4 is 21.6 Å². The molecule has 0 aliphatic heterocycles. The number of benzene rings is 1. The van der Waals surface area contributed by atoms with E-state index in [9.17, 15) is 8.42 Å². The lowest BCUT2D eigenvalue weighted by Crippen LogP contribution is -2.32. The lowest BCUT2D eigenvalue weighted by molar-refractivity contribution is 0.431. The van der Waals surface area contributed by atoms with E-state index in [0.29, 0.717) is 19.5 Å². The molecule has 0 unspecified atom stereocenters. The van der Waals surface area contributed by atoms with Gasteiger partial charge in [-0.3, -0.25) is 0 Å². The first kappa shape index (κ1) is 15.9. The standard InChI is InChI=1S/C15H17ClN2O2S/c1-2-18(11-9-13-6-4-3-5-7-13)21(19,20)14-8-10-17-15(16)12-14/h3-8,10,12H,2,9,11H2,1H3. The average molecular weight is 325 g/mol. The van der Waals surface area contributed by atoms with Crippen molar-refractivity contribution in [2.24, 2.45) is 0 Å². The quantitative estimate of drug-likeness (QED) is 0.767. The van der Waals surface area contributed by atoms with Crippen molar-refractivity contribution in [1.82, 2.24) is 9.29 Å². The monoisotopic (exact) mass is 324 g/mol. The lowest BCUT2D eigenvalue weighted by Gasteiger charge is -2.20. The fourth-order valence-corrected chi connectivity index (χ4v) is 3.74. The summed E-state index contributed by atoms with van der Waals surface area (Å²) in [5.74, 6) is 0. The van der Waals surface area contributed by atoms with E-state index in [-0.39, 0.29) is 10.0 Å². The Bertz CT molecular complexity index is 690. The molecule has 0 bridgehead atoms. The third-order valence-electron chi connectivity index (χ3n) is 3.18. The van der Waals surface area contributed by atoms with Crippen LogP contribution in [0.15, 0.2) is 53.6 Å². The van der Waals surface area contributed by atoms with Crippen LogP contribution < -0.4 is 0 Å². The van der Waals surface area contributed by atoms with Gasteiger partial charge in [-0.25, -0.2) is 13.4 Å². The van der Waals surface area contributed by atoms with Gasteiger partial charge in [-0.15, -0.1) is 0 Å². The molecule has 0 fully saturated rings. The number of likely N-dealkylation sites (N-methyl/N-ethyl adjacent to an activating group) is 1. The fourth-order valence-electron chi connectivity index (χ4n) is 2.04. The number of nitrogens with zero attached hydrogens (tertiary/aromatic N) is 2. The van der Waals surface area contributed by atoms with Gasteiger partial charge in [0.1, 0.15) is 5.15 Å². The van der Waals surface area contributed by atoms with Crippen LogP contribution in [0.3, 0.4) is 0 Å². The van der Waals surface area contributed by atoms with Crippen LogP contribution in [0.4, 0.5) is 0 Å². The van der Waals surface area contributed by atoms with E-state index in [1.807, 2.05) is 37.3 Å². The number of hydrogen-bond donors (Lipinski definition) is 0. The highest BCUT2D eigenvalue weighted by Crippen LogP contribution is 2.18. The minimum Gasteiger partial charge on any atom is -0.244 e. The maximum Gasteiger partial charge on any atom is 0.243 e. The molecule has 21 heavy (non-hydrogen) atoms. The summed E-state index contributed by atoms with van der Waals surface area (Å²) >= 11 is 5.78. The number of hydrogen-bond acceptors (Lipinski definition) is 3. The summed E-state index contributed by atoms with van der Waals surface area (Å²) in [5.41, 5.74) is 1.11. The fraction of sp³-hybridized carbons (Fsp3) is 0.267. The van der Waals surface area contributed by atoms with Crippen molar-refractivity contribution in [3.05, 3.63) is 59.4 Å². The molecule has 2 aromatic rings. The molecule has 0 N–H and O–H groups in total. The molecule has 0 amide bonds. The molecule has 1 aromatic carbocycles. The Hall–Kier alpha value is -1.43. The Labute approximate surface area is 130 Å². The van der Waals surface area contributed by atoms with Crippen LogP contribution in [0.25, 0.3) is 0 Å². The Kier molecular flexibility index (Phi) is 5.33. The maximum atomic E-state index is 12.6. The number of sulfonamides is 1. The summed E-state index contributed by atoms with van der Waals surface area (Å²) in [6, 6.07) is 12.7. The molecule has 0 aliphatic carbocycles. The molecule has 0 saturated carbocycles. The topological polar surface area (TPSA) is 50.3 Å². The van der Waals surface area contributed by atoms with Crippen molar-refractivity contribution in [2.75, 3.05) is 13.1 Å². The summed E-state index contributed by atoms with van der Waals surface area (Å²) < 4.78 is 26.6. The molecule has 0 spiro atoms. The van der Waals surface area contributed by atoms with Gasteiger partial charge >= 0.3 is 0 Å². The van der Waals surface area contributed by atoms with E-state index >= 15 is 0 Å². The molecule has 6 heteroatoms. The summed E-state index contributed by atoms with van der Waals surface area (Å²) in [5, 5.41) is 0.176. The molecule has 1 aromatic heterocycles. The van der Waals surface area contributed by atoms with Gasteiger partial charge in [0.25, 0.3) is 0 Å². The van der Waals surface area contributed by atoms with E-state index in [1.165, 1.54) is 22.6 Å². The van der Waals surface area contributed by atoms with E-state index < -0.39 is 10.0 Å². The summed E-state index contributed by atoms with van der Waals surface area (Å²) in [7, 11) is -3.53. The van der Waals surface area contributed by atoms with Crippen molar-refractivity contribution in [3.63, 3.8) is 0 Å². The van der Waals surface area contributed by atoms with E-state index in [4.69, 9.17) is 11.6 Å². The maximum absolute atomic E-state index is 12.6. The van der Waals surface area contributed by atoms with Crippen LogP contribution in [-0.4, -0.2) is 30.8 Å². The zero-order valence-electron chi connectivity index (χ0n) is 11.7. The van der Waals surface area contributed by atoms with Crippen LogP contribution in [0.5, 0.6) is 0 Å². The SMILES string of the molecule is CCN(CCc1ccccc1)S(=O)(=O)c1ccnc(Cl)c1. The first-order valence-corrected chi connectivity index (χ1v) is 8.51. The highest BCUT2D eigenvalue weighted by atomic mass is 35.5. The van der Waals surface area contributed by atoms with Crippen LogP contribution >= 0.6 is 11.6 Å². The van der Waals surface area contributed by atoms with Crippen molar-refractivity contribution in [3.8, 4) is 0 Å². The zero-order chi connectivity index (χ0) is 15.3. The molecular formula is C15H17ClN2O2S. The summed E-state index contributed by atoms with van der Waals surface area (Å²) in [6.07, 6.45) is 2.08. The van der Waals surface area contributed by atoms with E-state index in [1.54, 1.807) is 0 Å². The molecule has 4 nitrogen and oxygen atoms in total.